The van der Waals surface area contributed by atoms with Crippen LogP contribution in [0.25, 0.3) is 0 Å². The maximum absolute atomic E-state index is 14.1. The second-order valence-corrected chi connectivity index (χ2v) is 16.2. The van der Waals surface area contributed by atoms with Gasteiger partial charge in [-0.15, -0.1) is 0 Å². The minimum absolute atomic E-state index is 0.0435. The molecular weight excluding hydrogens is 666 g/mol. The van der Waals surface area contributed by atoms with Crippen LogP contribution in [-0.2, 0) is 30.3 Å². The number of rotatable bonds is 20. The summed E-state index contributed by atoms with van der Waals surface area (Å²) < 4.78 is 10.7. The summed E-state index contributed by atoms with van der Waals surface area (Å²) >= 11 is 0. The summed E-state index contributed by atoms with van der Waals surface area (Å²) in [4.78, 5) is 68.2. The number of likely N-dealkylation sites (N-methyl/N-ethyl adjacent to an activating group) is 1. The topological polar surface area (TPSA) is 175 Å². The molecule has 1 aromatic carbocycles. The van der Waals surface area contributed by atoms with Gasteiger partial charge in [-0.1, -0.05) is 67.5 Å². The van der Waals surface area contributed by atoms with Crippen molar-refractivity contribution in [3.63, 3.8) is 0 Å². The number of carbonyl (C=O) groups excluding carboxylic acids is 5. The lowest BCUT2D eigenvalue weighted by molar-refractivity contribution is -0.142. The van der Waals surface area contributed by atoms with Gasteiger partial charge in [-0.2, -0.15) is 0 Å². The second-order valence-electron chi connectivity index (χ2n) is 16.2. The van der Waals surface area contributed by atoms with E-state index in [-0.39, 0.29) is 36.5 Å². The summed E-state index contributed by atoms with van der Waals surface area (Å²) in [5, 5.41) is 22.5. The van der Waals surface area contributed by atoms with Crippen molar-refractivity contribution in [2.75, 3.05) is 20.7 Å². The van der Waals surface area contributed by atoms with Gasteiger partial charge in [-0.05, 0) is 75.0 Å². The number of hydrogen-bond acceptors (Lipinski definition) is 8. The third-order valence-corrected chi connectivity index (χ3v) is 8.45. The molecular formula is C39H67N5O8. The summed E-state index contributed by atoms with van der Waals surface area (Å²) in [6, 6.07) is 3.43. The molecule has 0 unspecified atom stereocenters. The SMILES string of the molecule is COc1ccc(C[C@H](NC(=O)OC(C)(C)C)C(=O)N(C)[C@H](C(=O)N[C@H](CC(C)C)[C@H](O)CC(=O)N[C@H](C(=O)NCCC(C)C)C(C)C)C(C)C)cc1. The molecule has 0 heterocycles. The summed E-state index contributed by atoms with van der Waals surface area (Å²) in [5.41, 5.74) is -0.0525. The summed E-state index contributed by atoms with van der Waals surface area (Å²) in [6.45, 7) is 20.9. The number of nitrogens with zero attached hydrogens (tertiary/aromatic N) is 1. The number of hydrogen-bond donors (Lipinski definition) is 5. The number of alkyl carbamates (subject to hydrolysis) is 1. The van der Waals surface area contributed by atoms with Crippen LogP contribution in [0.5, 0.6) is 5.75 Å². The fourth-order valence-electron chi connectivity index (χ4n) is 5.74. The van der Waals surface area contributed by atoms with Crippen LogP contribution in [0.1, 0.15) is 101 Å². The normalized spacial score (nSPS) is 14.7. The molecule has 296 valence electrons. The highest BCUT2D eigenvalue weighted by Crippen LogP contribution is 2.19. The van der Waals surface area contributed by atoms with Crippen LogP contribution in [0.4, 0.5) is 4.79 Å². The molecule has 0 spiro atoms. The van der Waals surface area contributed by atoms with Gasteiger partial charge >= 0.3 is 6.09 Å². The molecule has 5 amide bonds. The molecule has 0 aliphatic heterocycles. The van der Waals surface area contributed by atoms with Crippen molar-refractivity contribution in [2.24, 2.45) is 23.7 Å². The van der Waals surface area contributed by atoms with Crippen molar-refractivity contribution in [3.8, 4) is 5.75 Å². The van der Waals surface area contributed by atoms with Gasteiger partial charge < -0.3 is 40.7 Å². The lowest BCUT2D eigenvalue weighted by Crippen LogP contribution is -2.59. The Bertz CT molecular complexity index is 1290. The minimum atomic E-state index is -1.27. The molecule has 1 rings (SSSR count). The van der Waals surface area contributed by atoms with Crippen molar-refractivity contribution in [3.05, 3.63) is 29.8 Å². The van der Waals surface area contributed by atoms with Gasteiger partial charge in [0.25, 0.3) is 0 Å². The first-order chi connectivity index (χ1) is 24.1. The Morgan fingerprint density at radius 3 is 1.90 bits per heavy atom. The predicted molar refractivity (Wildman–Crippen MR) is 202 cm³/mol. The number of nitrogens with one attached hydrogen (secondary N) is 4. The van der Waals surface area contributed by atoms with E-state index >= 15 is 0 Å². The van der Waals surface area contributed by atoms with E-state index in [4.69, 9.17) is 9.47 Å². The van der Waals surface area contributed by atoms with Gasteiger partial charge in [0.2, 0.25) is 23.6 Å². The van der Waals surface area contributed by atoms with Crippen molar-refractivity contribution < 1.29 is 38.6 Å². The minimum Gasteiger partial charge on any atom is -0.497 e. The zero-order valence-electron chi connectivity index (χ0n) is 33.8. The first-order valence-electron chi connectivity index (χ1n) is 18.5. The lowest BCUT2D eigenvalue weighted by Gasteiger charge is -2.35. The largest absolute Gasteiger partial charge is 0.497 e. The number of amides is 5. The highest BCUT2D eigenvalue weighted by Gasteiger charge is 2.37. The standard InChI is InChI=1S/C39H67N5O8/c1-23(2)18-19-40-35(47)33(25(5)6)43-32(46)22-31(45)29(20-24(3)4)41-36(48)34(26(7)8)44(12)37(49)30(42-38(50)52-39(9,10)11)21-27-14-16-28(51-13)17-15-27/h14-17,23-26,29-31,33-34,45H,18-22H2,1-13H3,(H,40,47)(H,41,48)(H,42,50)(H,43,46)/t29-,30+,31-,33+,34+/m1/s1. The van der Waals surface area contributed by atoms with Crippen molar-refractivity contribution in [1.82, 2.24) is 26.2 Å². The monoisotopic (exact) mass is 733 g/mol. The van der Waals surface area contributed by atoms with Crippen LogP contribution >= 0.6 is 0 Å². The molecule has 0 bridgehead atoms. The lowest BCUT2D eigenvalue weighted by atomic mass is 9.94. The Labute approximate surface area is 311 Å². The van der Waals surface area contributed by atoms with Crippen LogP contribution in [-0.4, -0.2) is 96.3 Å². The Kier molecular flexibility index (Phi) is 19.2. The van der Waals surface area contributed by atoms with E-state index in [1.807, 2.05) is 27.7 Å². The van der Waals surface area contributed by atoms with E-state index in [1.54, 1.807) is 66.0 Å². The van der Waals surface area contributed by atoms with Gasteiger partial charge in [-0.25, -0.2) is 4.79 Å². The average Bonchev–Trinajstić information content (AvgIpc) is 3.01. The Hall–Kier alpha value is -3.87. The fraction of sp³-hybridized carbons (Fsp3) is 0.718. The van der Waals surface area contributed by atoms with Crippen LogP contribution in [0.3, 0.4) is 0 Å². The molecule has 1 aromatic rings. The third kappa shape index (κ3) is 16.6. The Balaban J connectivity index is 3.22. The zero-order valence-corrected chi connectivity index (χ0v) is 33.8. The molecule has 0 aliphatic rings. The highest BCUT2D eigenvalue weighted by molar-refractivity contribution is 5.92. The summed E-state index contributed by atoms with van der Waals surface area (Å²) in [6.07, 6.45) is -1.10. The number of ether oxygens (including phenoxy) is 2. The molecule has 0 radical (unpaired) electrons. The van der Waals surface area contributed by atoms with Crippen LogP contribution < -0.4 is 26.0 Å². The van der Waals surface area contributed by atoms with E-state index < -0.39 is 59.7 Å². The fourth-order valence-corrected chi connectivity index (χ4v) is 5.74. The van der Waals surface area contributed by atoms with Crippen LogP contribution in [0, 0.1) is 23.7 Å². The third-order valence-electron chi connectivity index (χ3n) is 8.45. The molecule has 13 nitrogen and oxygen atoms in total. The number of aliphatic hydroxyl groups is 1. The van der Waals surface area contributed by atoms with Crippen LogP contribution in [0.15, 0.2) is 24.3 Å². The molecule has 0 aromatic heterocycles. The molecule has 13 heteroatoms. The number of methoxy groups -OCH3 is 1. The first kappa shape index (κ1) is 46.2. The quantitative estimate of drug-likeness (QED) is 0.133. The molecule has 5 atom stereocenters. The van der Waals surface area contributed by atoms with Gasteiger partial charge in [0, 0.05) is 20.0 Å². The smallest absolute Gasteiger partial charge is 0.408 e. The molecule has 5 N–H and O–H groups in total. The van der Waals surface area contributed by atoms with Gasteiger partial charge in [-0.3, -0.25) is 19.2 Å². The maximum Gasteiger partial charge on any atom is 0.408 e. The second kappa shape index (κ2) is 21.6. The van der Waals surface area contributed by atoms with E-state index in [1.165, 1.54) is 11.9 Å². The van der Waals surface area contributed by atoms with Crippen LogP contribution in [0.2, 0.25) is 0 Å². The number of aliphatic hydroxyl groups excluding tert-OH is 1. The Morgan fingerprint density at radius 1 is 0.827 bits per heavy atom. The Morgan fingerprint density at radius 2 is 1.42 bits per heavy atom. The molecule has 0 fully saturated rings. The van der Waals surface area contributed by atoms with Crippen molar-refractivity contribution in [1.29, 1.82) is 0 Å². The summed E-state index contributed by atoms with van der Waals surface area (Å²) in [7, 11) is 3.06. The van der Waals surface area contributed by atoms with Gasteiger partial charge in [0.1, 0.15) is 29.5 Å². The molecule has 52 heavy (non-hydrogen) atoms. The first-order valence-corrected chi connectivity index (χ1v) is 18.5. The van der Waals surface area contributed by atoms with E-state index in [0.29, 0.717) is 24.6 Å². The zero-order chi connectivity index (χ0) is 39.9. The number of carbonyl (C=O) groups is 5. The molecule has 0 saturated carbocycles. The van der Waals surface area contributed by atoms with Gasteiger partial charge in [0.05, 0.1) is 25.7 Å². The number of benzene rings is 1. The van der Waals surface area contributed by atoms with Crippen molar-refractivity contribution in [2.45, 2.75) is 138 Å². The van der Waals surface area contributed by atoms with E-state index in [2.05, 4.69) is 35.1 Å². The molecule has 0 aliphatic carbocycles. The predicted octanol–water partition coefficient (Wildman–Crippen LogP) is 4.20. The van der Waals surface area contributed by atoms with E-state index in [9.17, 15) is 29.1 Å². The average molecular weight is 734 g/mol. The highest BCUT2D eigenvalue weighted by atomic mass is 16.6. The maximum atomic E-state index is 14.1. The molecule has 0 saturated heterocycles. The van der Waals surface area contributed by atoms with E-state index in [0.717, 1.165) is 12.0 Å². The summed E-state index contributed by atoms with van der Waals surface area (Å²) in [5.74, 6) is -1.29. The van der Waals surface area contributed by atoms with Gasteiger partial charge in [0.15, 0.2) is 0 Å². The van der Waals surface area contributed by atoms with Crippen molar-refractivity contribution >= 4 is 29.7 Å².